The van der Waals surface area contributed by atoms with Crippen molar-refractivity contribution >= 4 is 11.7 Å². The maximum Gasteiger partial charge on any atom is 0.253 e. The lowest BCUT2D eigenvalue weighted by atomic mass is 9.93. The van der Waals surface area contributed by atoms with Crippen molar-refractivity contribution in [2.75, 3.05) is 18.8 Å². The summed E-state index contributed by atoms with van der Waals surface area (Å²) in [5.74, 6) is 2.29. The molecule has 0 bridgehead atoms. The van der Waals surface area contributed by atoms with Crippen LogP contribution >= 0.6 is 0 Å². The number of nitrogen functional groups attached to an aromatic ring is 1. The number of nitrogens with zero attached hydrogens (tertiary/aromatic N) is 3. The van der Waals surface area contributed by atoms with E-state index in [0.717, 1.165) is 24.3 Å². The van der Waals surface area contributed by atoms with Crippen molar-refractivity contribution in [3.63, 3.8) is 0 Å². The summed E-state index contributed by atoms with van der Waals surface area (Å²) < 4.78 is 5.84. The Morgan fingerprint density at radius 1 is 0.931 bits per heavy atom. The Morgan fingerprint density at radius 2 is 1.55 bits per heavy atom. The van der Waals surface area contributed by atoms with Gasteiger partial charge in [0.1, 0.15) is 17.3 Å². The van der Waals surface area contributed by atoms with Gasteiger partial charge < -0.3 is 15.4 Å². The molecule has 0 aliphatic carbocycles. The summed E-state index contributed by atoms with van der Waals surface area (Å²) in [7, 11) is 0. The number of aromatic nitrogens is 2. The number of amides is 1. The van der Waals surface area contributed by atoms with E-state index in [1.165, 1.54) is 5.56 Å². The Bertz CT molecular complexity index is 961. The molecule has 148 valence electrons. The monoisotopic (exact) mass is 388 g/mol. The second kappa shape index (κ2) is 8.31. The fourth-order valence-corrected chi connectivity index (χ4v) is 3.54. The van der Waals surface area contributed by atoms with Crippen LogP contribution < -0.4 is 10.5 Å². The number of aryl methyl sites for hydroxylation is 1. The zero-order valence-corrected chi connectivity index (χ0v) is 16.4. The highest BCUT2D eigenvalue weighted by atomic mass is 16.5. The molecule has 4 rings (SSSR count). The number of carbonyl (C=O) groups is 1. The molecule has 6 heteroatoms. The summed E-state index contributed by atoms with van der Waals surface area (Å²) in [5, 5.41) is 8.12. The van der Waals surface area contributed by atoms with Gasteiger partial charge in [-0.2, -0.15) is 5.10 Å². The van der Waals surface area contributed by atoms with Crippen LogP contribution in [0.1, 0.15) is 40.4 Å². The molecule has 2 heterocycles. The van der Waals surface area contributed by atoms with Gasteiger partial charge in [-0.1, -0.05) is 17.7 Å². The number of ether oxygens (including phenoxy) is 1. The topological polar surface area (TPSA) is 81.3 Å². The van der Waals surface area contributed by atoms with E-state index < -0.39 is 0 Å². The number of benzene rings is 2. The van der Waals surface area contributed by atoms with Crippen molar-refractivity contribution in [2.45, 2.75) is 25.7 Å². The molecular formula is C23H24N4O2. The highest BCUT2D eigenvalue weighted by Crippen LogP contribution is 2.28. The summed E-state index contributed by atoms with van der Waals surface area (Å²) in [4.78, 5) is 14.7. The molecule has 29 heavy (non-hydrogen) atoms. The zero-order valence-electron chi connectivity index (χ0n) is 16.4. The van der Waals surface area contributed by atoms with Gasteiger partial charge in [0.05, 0.1) is 5.69 Å². The molecule has 1 aliphatic heterocycles. The van der Waals surface area contributed by atoms with E-state index in [0.29, 0.717) is 36.1 Å². The van der Waals surface area contributed by atoms with Gasteiger partial charge in [0, 0.05) is 24.6 Å². The van der Waals surface area contributed by atoms with E-state index >= 15 is 0 Å². The highest BCUT2D eigenvalue weighted by Gasteiger charge is 2.25. The van der Waals surface area contributed by atoms with Crippen molar-refractivity contribution in [1.29, 1.82) is 0 Å². The first-order valence-corrected chi connectivity index (χ1v) is 9.81. The average Bonchev–Trinajstić information content (AvgIpc) is 2.76. The van der Waals surface area contributed by atoms with E-state index in [2.05, 4.69) is 10.2 Å². The van der Waals surface area contributed by atoms with Crippen LogP contribution in [-0.2, 0) is 0 Å². The number of carbonyl (C=O) groups excluding carboxylic acids is 1. The minimum atomic E-state index is 0.0497. The van der Waals surface area contributed by atoms with Crippen LogP contribution in [-0.4, -0.2) is 34.1 Å². The fraction of sp³-hybridized carbons (Fsp3) is 0.261. The molecule has 1 fully saturated rings. The van der Waals surface area contributed by atoms with Crippen molar-refractivity contribution in [2.24, 2.45) is 0 Å². The van der Waals surface area contributed by atoms with Crippen molar-refractivity contribution in [3.05, 3.63) is 77.5 Å². The molecular weight excluding hydrogens is 364 g/mol. The number of piperidine rings is 1. The van der Waals surface area contributed by atoms with Gasteiger partial charge in [0.15, 0.2) is 0 Å². The van der Waals surface area contributed by atoms with Gasteiger partial charge in [-0.05, 0) is 68.3 Å². The van der Waals surface area contributed by atoms with Crippen molar-refractivity contribution in [3.8, 4) is 11.5 Å². The third-order valence-corrected chi connectivity index (χ3v) is 5.26. The van der Waals surface area contributed by atoms with Crippen LogP contribution in [0.25, 0.3) is 0 Å². The van der Waals surface area contributed by atoms with Gasteiger partial charge in [-0.15, -0.1) is 5.10 Å². The molecule has 0 spiro atoms. The standard InChI is InChI=1S/C23H24N4O2/c1-16-2-6-19(7-3-16)29-20-8-4-18(5-9-20)23(28)27-14-12-17(13-15-27)21-10-11-22(24)26-25-21/h2-11,17H,12-15H2,1H3,(H2,24,26). The lowest BCUT2D eigenvalue weighted by Crippen LogP contribution is -2.38. The molecule has 0 radical (unpaired) electrons. The van der Waals surface area contributed by atoms with E-state index in [4.69, 9.17) is 10.5 Å². The summed E-state index contributed by atoms with van der Waals surface area (Å²) in [6.07, 6.45) is 1.75. The molecule has 0 saturated carbocycles. The van der Waals surface area contributed by atoms with Crippen LogP contribution in [0, 0.1) is 6.92 Å². The Kier molecular flexibility index (Phi) is 5.42. The third-order valence-electron chi connectivity index (χ3n) is 5.26. The van der Waals surface area contributed by atoms with E-state index in [9.17, 15) is 4.79 Å². The maximum absolute atomic E-state index is 12.8. The van der Waals surface area contributed by atoms with Crippen molar-refractivity contribution in [1.82, 2.24) is 15.1 Å². The van der Waals surface area contributed by atoms with Crippen LogP contribution in [0.4, 0.5) is 5.82 Å². The summed E-state index contributed by atoms with van der Waals surface area (Å²) in [6.45, 7) is 3.45. The molecule has 2 N–H and O–H groups in total. The van der Waals surface area contributed by atoms with Crippen LogP contribution in [0.2, 0.25) is 0 Å². The molecule has 3 aromatic rings. The van der Waals surface area contributed by atoms with Crippen molar-refractivity contribution < 1.29 is 9.53 Å². The fourth-order valence-electron chi connectivity index (χ4n) is 3.54. The Morgan fingerprint density at radius 3 is 2.14 bits per heavy atom. The molecule has 1 saturated heterocycles. The summed E-state index contributed by atoms with van der Waals surface area (Å²) in [6, 6.07) is 18.9. The summed E-state index contributed by atoms with van der Waals surface area (Å²) >= 11 is 0. The van der Waals surface area contributed by atoms with Crippen LogP contribution in [0.5, 0.6) is 11.5 Å². The van der Waals surface area contributed by atoms with Crippen LogP contribution in [0.15, 0.2) is 60.7 Å². The zero-order chi connectivity index (χ0) is 20.2. The molecule has 0 unspecified atom stereocenters. The first-order chi connectivity index (χ1) is 14.1. The van der Waals surface area contributed by atoms with Gasteiger partial charge in [-0.3, -0.25) is 4.79 Å². The van der Waals surface area contributed by atoms with Crippen LogP contribution in [0.3, 0.4) is 0 Å². The number of hydrogen-bond acceptors (Lipinski definition) is 5. The predicted molar refractivity (Wildman–Crippen MR) is 112 cm³/mol. The average molecular weight is 388 g/mol. The number of likely N-dealkylation sites (tertiary alicyclic amines) is 1. The molecule has 2 aromatic carbocycles. The van der Waals surface area contributed by atoms with Gasteiger partial charge in [0.25, 0.3) is 5.91 Å². The number of anilines is 1. The number of nitrogens with two attached hydrogens (primary N) is 1. The predicted octanol–water partition coefficient (Wildman–Crippen LogP) is 4.18. The Hall–Kier alpha value is -3.41. The summed E-state index contributed by atoms with van der Waals surface area (Å²) in [5.41, 5.74) is 8.41. The molecule has 1 aliphatic rings. The van der Waals surface area contributed by atoms with Gasteiger partial charge >= 0.3 is 0 Å². The molecule has 1 amide bonds. The van der Waals surface area contributed by atoms with Gasteiger partial charge in [-0.25, -0.2) is 0 Å². The minimum absolute atomic E-state index is 0.0497. The molecule has 6 nitrogen and oxygen atoms in total. The molecule has 0 atom stereocenters. The lowest BCUT2D eigenvalue weighted by Gasteiger charge is -2.31. The lowest BCUT2D eigenvalue weighted by molar-refractivity contribution is 0.0712. The Balaban J connectivity index is 1.35. The Labute approximate surface area is 170 Å². The number of hydrogen-bond donors (Lipinski definition) is 1. The first-order valence-electron chi connectivity index (χ1n) is 9.81. The second-order valence-corrected chi connectivity index (χ2v) is 7.39. The quantitative estimate of drug-likeness (QED) is 0.725. The smallest absolute Gasteiger partial charge is 0.253 e. The third kappa shape index (κ3) is 4.54. The molecule has 1 aromatic heterocycles. The SMILES string of the molecule is Cc1ccc(Oc2ccc(C(=O)N3CCC(c4ccc(N)nn4)CC3)cc2)cc1. The first kappa shape index (κ1) is 18.9. The van der Waals surface area contributed by atoms with E-state index in [1.54, 1.807) is 6.07 Å². The second-order valence-electron chi connectivity index (χ2n) is 7.39. The highest BCUT2D eigenvalue weighted by molar-refractivity contribution is 5.94. The normalized spacial score (nSPS) is 14.6. The minimum Gasteiger partial charge on any atom is -0.457 e. The van der Waals surface area contributed by atoms with Gasteiger partial charge in [0.2, 0.25) is 0 Å². The maximum atomic E-state index is 12.8. The number of rotatable bonds is 4. The van der Waals surface area contributed by atoms with E-state index in [-0.39, 0.29) is 5.91 Å². The van der Waals surface area contributed by atoms with E-state index in [1.807, 2.05) is 66.4 Å². The largest absolute Gasteiger partial charge is 0.457 e.